The molecule has 0 aromatic rings. The second-order valence-corrected chi connectivity index (χ2v) is 4.86. The van der Waals surface area contributed by atoms with E-state index < -0.39 is 6.23 Å². The normalized spacial score (nSPS) is 20.9. The van der Waals surface area contributed by atoms with Gasteiger partial charge in [0.2, 0.25) is 5.91 Å². The lowest BCUT2D eigenvalue weighted by Gasteiger charge is -2.11. The molecule has 2 atom stereocenters. The molecule has 7 heteroatoms. The molecule has 17 heavy (non-hydrogen) atoms. The van der Waals surface area contributed by atoms with Crippen LogP contribution < -0.4 is 16.4 Å². The Morgan fingerprint density at radius 1 is 1.65 bits per heavy atom. The van der Waals surface area contributed by atoms with E-state index in [-0.39, 0.29) is 11.9 Å². The maximum Gasteiger partial charge on any atom is 0.294 e. The molecule has 0 aromatic heterocycles. The van der Waals surface area contributed by atoms with Crippen molar-refractivity contribution in [3.05, 3.63) is 0 Å². The number of nitrogens with one attached hydrogen (secondary N) is 2. The number of thioether (sulfide) groups is 1. The first kappa shape index (κ1) is 14.3. The predicted molar refractivity (Wildman–Crippen MR) is 66.2 cm³/mol. The Hall–Kier alpha value is -0.790. The molecule has 0 spiro atoms. The number of hydrogen-bond donors (Lipinski definition) is 3. The van der Waals surface area contributed by atoms with Crippen LogP contribution in [0.15, 0.2) is 0 Å². The summed E-state index contributed by atoms with van der Waals surface area (Å²) in [5.74, 6) is 1.74. The zero-order valence-electron chi connectivity index (χ0n) is 9.69. The summed E-state index contributed by atoms with van der Waals surface area (Å²) in [5, 5.41) is 5.97. The van der Waals surface area contributed by atoms with E-state index in [0.29, 0.717) is 19.4 Å². The second kappa shape index (κ2) is 8.32. The number of hydrogen-bond acceptors (Lipinski definition) is 6. The number of unbranched alkanes of at least 4 members (excludes halogenated alkanes) is 1. The maximum absolute atomic E-state index is 11.6. The van der Waals surface area contributed by atoms with Crippen LogP contribution in [0.1, 0.15) is 19.3 Å². The summed E-state index contributed by atoms with van der Waals surface area (Å²) in [5.41, 5.74) is 5.47. The minimum Gasteiger partial charge on any atom is -0.449 e. The molecule has 0 bridgehead atoms. The van der Waals surface area contributed by atoms with Gasteiger partial charge in [0, 0.05) is 18.2 Å². The van der Waals surface area contributed by atoms with E-state index in [1.165, 1.54) is 0 Å². The summed E-state index contributed by atoms with van der Waals surface area (Å²) in [6.45, 7) is 0.991. The summed E-state index contributed by atoms with van der Waals surface area (Å²) in [7, 11) is 0. The summed E-state index contributed by atoms with van der Waals surface area (Å²) < 4.78 is 4.55. The van der Waals surface area contributed by atoms with Crippen molar-refractivity contribution in [2.24, 2.45) is 5.73 Å². The van der Waals surface area contributed by atoms with Gasteiger partial charge >= 0.3 is 0 Å². The van der Waals surface area contributed by atoms with E-state index in [2.05, 4.69) is 15.4 Å². The minimum atomic E-state index is -0.531. The van der Waals surface area contributed by atoms with Gasteiger partial charge in [0.15, 0.2) is 6.23 Å². The van der Waals surface area contributed by atoms with Crippen LogP contribution in [-0.2, 0) is 14.3 Å². The molecule has 1 saturated heterocycles. The van der Waals surface area contributed by atoms with E-state index in [4.69, 9.17) is 5.73 Å². The van der Waals surface area contributed by atoms with Crippen LogP contribution in [0, 0.1) is 0 Å². The van der Waals surface area contributed by atoms with Gasteiger partial charge in [0.1, 0.15) is 0 Å². The molecule has 1 amide bonds. The zero-order chi connectivity index (χ0) is 12.5. The van der Waals surface area contributed by atoms with Crippen LogP contribution in [0.4, 0.5) is 0 Å². The first-order valence-corrected chi connectivity index (χ1v) is 6.83. The molecule has 1 aliphatic rings. The third kappa shape index (κ3) is 5.90. The first-order chi connectivity index (χ1) is 8.24. The molecule has 1 unspecified atom stereocenters. The third-order valence-corrected chi connectivity index (χ3v) is 3.42. The summed E-state index contributed by atoms with van der Waals surface area (Å²) in [6.07, 6.45) is 1.74. The first-order valence-electron chi connectivity index (χ1n) is 5.67. The highest BCUT2D eigenvalue weighted by atomic mass is 32.2. The molecule has 1 rings (SSSR count). The molecule has 0 saturated carbocycles. The highest BCUT2D eigenvalue weighted by molar-refractivity contribution is 7.99. The number of carbonyl (C=O) groups is 2. The molecule has 98 valence electrons. The van der Waals surface area contributed by atoms with Crippen LogP contribution in [0.3, 0.4) is 0 Å². The fourth-order valence-electron chi connectivity index (χ4n) is 1.51. The van der Waals surface area contributed by atoms with Crippen LogP contribution in [0.2, 0.25) is 0 Å². The molecule has 1 heterocycles. The fourth-order valence-corrected chi connectivity index (χ4v) is 2.45. The van der Waals surface area contributed by atoms with Gasteiger partial charge < -0.3 is 10.1 Å². The molecule has 6 nitrogen and oxygen atoms in total. The number of amides is 1. The third-order valence-electron chi connectivity index (χ3n) is 2.48. The van der Waals surface area contributed by atoms with Gasteiger partial charge in [-0.1, -0.05) is 0 Å². The second-order valence-electron chi connectivity index (χ2n) is 3.83. The van der Waals surface area contributed by atoms with Crippen molar-refractivity contribution >= 4 is 24.1 Å². The quantitative estimate of drug-likeness (QED) is 0.307. The van der Waals surface area contributed by atoms with Crippen molar-refractivity contribution in [1.29, 1.82) is 0 Å². The van der Waals surface area contributed by atoms with Crippen molar-refractivity contribution in [1.82, 2.24) is 10.6 Å². The monoisotopic (exact) mass is 261 g/mol. The zero-order valence-corrected chi connectivity index (χ0v) is 10.5. The van der Waals surface area contributed by atoms with Crippen LogP contribution in [0.5, 0.6) is 0 Å². The Balaban J connectivity index is 1.96. The fraction of sp³-hybridized carbons (Fsp3) is 0.800. The standard InChI is InChI=1S/C10H19N3O3S/c11-9(16-7-14)3-1-2-4-12-10(15)8-5-17-6-13-8/h7-9,13H,1-6,11H2,(H,12,15)/t8?,9-/m1/s1. The molecule has 1 fully saturated rings. The van der Waals surface area contributed by atoms with Gasteiger partial charge in [-0.05, 0) is 19.3 Å². The molecule has 1 aliphatic heterocycles. The van der Waals surface area contributed by atoms with E-state index >= 15 is 0 Å². The molecular formula is C10H19N3O3S. The summed E-state index contributed by atoms with van der Waals surface area (Å²) in [4.78, 5) is 21.5. The topological polar surface area (TPSA) is 93.4 Å². The Labute approximate surface area is 105 Å². The molecule has 0 radical (unpaired) electrons. The molecule has 4 N–H and O–H groups in total. The Kier molecular flexibility index (Phi) is 6.99. The van der Waals surface area contributed by atoms with Crippen LogP contribution in [-0.4, -0.2) is 42.8 Å². The van der Waals surface area contributed by atoms with Crippen molar-refractivity contribution < 1.29 is 14.3 Å². The minimum absolute atomic E-state index is 0.0550. The molecule has 0 aromatic carbocycles. The Morgan fingerprint density at radius 2 is 2.47 bits per heavy atom. The highest BCUT2D eigenvalue weighted by Crippen LogP contribution is 2.09. The number of rotatable bonds is 8. The number of ether oxygens (including phenoxy) is 1. The van der Waals surface area contributed by atoms with Gasteiger partial charge in [0.05, 0.1) is 6.04 Å². The van der Waals surface area contributed by atoms with E-state index in [1.807, 2.05) is 0 Å². The molecule has 0 aliphatic carbocycles. The lowest BCUT2D eigenvalue weighted by atomic mass is 10.2. The van der Waals surface area contributed by atoms with Gasteiger partial charge in [-0.2, -0.15) is 0 Å². The van der Waals surface area contributed by atoms with Gasteiger partial charge in [-0.3, -0.25) is 20.6 Å². The number of nitrogens with two attached hydrogens (primary N) is 1. The van der Waals surface area contributed by atoms with E-state index in [0.717, 1.165) is 24.5 Å². The van der Waals surface area contributed by atoms with E-state index in [9.17, 15) is 9.59 Å². The van der Waals surface area contributed by atoms with Gasteiger partial charge in [-0.25, -0.2) is 0 Å². The lowest BCUT2D eigenvalue weighted by molar-refractivity contribution is -0.133. The summed E-state index contributed by atoms with van der Waals surface area (Å²) in [6, 6.07) is -0.0550. The SMILES string of the molecule is N[C@@H](CCCCNC(=O)C1CSCN1)OC=O. The average molecular weight is 261 g/mol. The van der Waals surface area contributed by atoms with Crippen molar-refractivity contribution in [2.75, 3.05) is 18.2 Å². The van der Waals surface area contributed by atoms with Crippen molar-refractivity contribution in [3.63, 3.8) is 0 Å². The Bertz CT molecular complexity index is 247. The lowest BCUT2D eigenvalue weighted by Crippen LogP contribution is -2.42. The van der Waals surface area contributed by atoms with E-state index in [1.54, 1.807) is 11.8 Å². The Morgan fingerprint density at radius 3 is 3.12 bits per heavy atom. The maximum atomic E-state index is 11.6. The smallest absolute Gasteiger partial charge is 0.294 e. The predicted octanol–water partition coefficient (Wildman–Crippen LogP) is -0.607. The summed E-state index contributed by atoms with van der Waals surface area (Å²) >= 11 is 1.73. The van der Waals surface area contributed by atoms with Gasteiger partial charge in [0.25, 0.3) is 6.47 Å². The van der Waals surface area contributed by atoms with Crippen LogP contribution in [0.25, 0.3) is 0 Å². The average Bonchev–Trinajstić information content (AvgIpc) is 2.82. The molecular weight excluding hydrogens is 242 g/mol. The largest absolute Gasteiger partial charge is 0.449 e. The van der Waals surface area contributed by atoms with Crippen molar-refractivity contribution in [3.8, 4) is 0 Å². The highest BCUT2D eigenvalue weighted by Gasteiger charge is 2.21. The van der Waals surface area contributed by atoms with Crippen LogP contribution >= 0.6 is 11.8 Å². The van der Waals surface area contributed by atoms with Gasteiger partial charge in [-0.15, -0.1) is 11.8 Å². The van der Waals surface area contributed by atoms with Crippen molar-refractivity contribution in [2.45, 2.75) is 31.5 Å². The number of carbonyl (C=O) groups excluding carboxylic acids is 2.